The number of esters is 1. The maximum Gasteiger partial charge on any atom is 0.335 e. The highest BCUT2D eigenvalue weighted by molar-refractivity contribution is 5.88. The molecule has 0 unspecified atom stereocenters. The minimum Gasteiger partial charge on any atom is -0.466 e. The van der Waals surface area contributed by atoms with E-state index in [9.17, 15) is 9.59 Å². The molecule has 3 aromatic rings. The molecule has 1 aromatic heterocycles. The number of nitrogens with zero attached hydrogens (tertiary/aromatic N) is 2. The highest BCUT2D eigenvalue weighted by Gasteiger charge is 2.22. The molecule has 1 N–H and O–H groups in total. The van der Waals surface area contributed by atoms with Gasteiger partial charge < -0.3 is 14.6 Å². The molecular weight excluding hydrogens is 378 g/mol. The number of carbonyl (C=O) groups is 1. The Bertz CT molecular complexity index is 1120. The number of carbonyl (C=O) groups excluding carboxylic acids is 1. The van der Waals surface area contributed by atoms with E-state index in [0.717, 1.165) is 11.1 Å². The van der Waals surface area contributed by atoms with Crippen LogP contribution in [-0.4, -0.2) is 34.5 Å². The molecule has 2 aromatic carbocycles. The zero-order valence-electron chi connectivity index (χ0n) is 16.8. The summed E-state index contributed by atoms with van der Waals surface area (Å²) in [6.07, 6.45) is 2.61. The summed E-state index contributed by atoms with van der Waals surface area (Å²) in [5, 5.41) is 0. The zero-order valence-corrected chi connectivity index (χ0v) is 16.8. The first-order valence-electron chi connectivity index (χ1n) is 9.88. The third-order valence-electron chi connectivity index (χ3n) is 5.17. The van der Waals surface area contributed by atoms with E-state index in [1.807, 2.05) is 54.7 Å². The molecule has 2 heterocycles. The lowest BCUT2D eigenvalue weighted by atomic mass is 10.0. The number of benzene rings is 2. The highest BCUT2D eigenvalue weighted by atomic mass is 16.5. The number of aromatic nitrogens is 2. The van der Waals surface area contributed by atoms with Gasteiger partial charge in [-0.1, -0.05) is 60.7 Å². The van der Waals surface area contributed by atoms with Crippen molar-refractivity contribution in [3.63, 3.8) is 0 Å². The Hall–Kier alpha value is -3.67. The number of hydrogen-bond donors (Lipinski definition) is 1. The van der Waals surface area contributed by atoms with Gasteiger partial charge in [-0.2, -0.15) is 0 Å². The van der Waals surface area contributed by atoms with Gasteiger partial charge in [-0.25, -0.2) is 9.78 Å². The summed E-state index contributed by atoms with van der Waals surface area (Å²) in [6.45, 7) is 1.29. The molecule has 0 radical (unpaired) electrons. The summed E-state index contributed by atoms with van der Waals surface area (Å²) < 4.78 is 4.97. The molecule has 0 saturated heterocycles. The van der Waals surface area contributed by atoms with Crippen LogP contribution in [-0.2, 0) is 28.9 Å². The number of aromatic amines is 1. The van der Waals surface area contributed by atoms with Gasteiger partial charge in [0.25, 0.3) is 5.56 Å². The molecule has 0 spiro atoms. The van der Waals surface area contributed by atoms with Gasteiger partial charge in [0.05, 0.1) is 18.4 Å². The van der Waals surface area contributed by atoms with Gasteiger partial charge >= 0.3 is 5.97 Å². The third kappa shape index (κ3) is 4.33. The molecule has 6 heteroatoms. The number of methoxy groups -OCH3 is 1. The number of ether oxygens (including phenoxy) is 1. The number of H-pyrrole nitrogens is 1. The molecule has 30 heavy (non-hydrogen) atoms. The fourth-order valence-electron chi connectivity index (χ4n) is 3.64. The molecule has 4 rings (SSSR count). The van der Waals surface area contributed by atoms with E-state index in [0.29, 0.717) is 42.2 Å². The summed E-state index contributed by atoms with van der Waals surface area (Å²) >= 11 is 0. The standard InChI is InChI=1S/C24H23N3O3/c1-30-24(29)19-14-20-21(12-13-27(16-19)15-17-8-4-2-5-9-17)25-22(26-23(20)28)18-10-6-3-7-11-18/h2-11,16H,12-15H2,1H3,(H,25,26,28)/b19-16+. The maximum atomic E-state index is 12.9. The largest absolute Gasteiger partial charge is 0.466 e. The Morgan fingerprint density at radius 2 is 1.80 bits per heavy atom. The van der Waals surface area contributed by atoms with E-state index in [1.165, 1.54) is 7.11 Å². The molecule has 0 atom stereocenters. The van der Waals surface area contributed by atoms with E-state index in [1.54, 1.807) is 0 Å². The molecular formula is C24H23N3O3. The normalized spacial score (nSPS) is 15.4. The van der Waals surface area contributed by atoms with Gasteiger partial charge in [-0.05, 0) is 5.56 Å². The molecule has 0 amide bonds. The van der Waals surface area contributed by atoms with Crippen molar-refractivity contribution in [1.82, 2.24) is 14.9 Å². The molecule has 0 saturated carbocycles. The predicted molar refractivity (Wildman–Crippen MR) is 115 cm³/mol. The number of hydrogen-bond acceptors (Lipinski definition) is 5. The van der Waals surface area contributed by atoms with E-state index in [4.69, 9.17) is 9.72 Å². The van der Waals surface area contributed by atoms with E-state index in [-0.39, 0.29) is 12.0 Å². The van der Waals surface area contributed by atoms with Crippen molar-refractivity contribution in [2.24, 2.45) is 0 Å². The van der Waals surface area contributed by atoms with Crippen LogP contribution >= 0.6 is 0 Å². The topological polar surface area (TPSA) is 75.3 Å². The van der Waals surface area contributed by atoms with Crippen molar-refractivity contribution in [2.75, 3.05) is 13.7 Å². The first-order chi connectivity index (χ1) is 14.6. The van der Waals surface area contributed by atoms with Crippen LogP contribution in [0.5, 0.6) is 0 Å². The Labute approximate surface area is 174 Å². The molecule has 152 valence electrons. The monoisotopic (exact) mass is 401 g/mol. The van der Waals surface area contributed by atoms with Crippen LogP contribution in [0, 0.1) is 0 Å². The van der Waals surface area contributed by atoms with Crippen LogP contribution in [0.1, 0.15) is 16.8 Å². The van der Waals surface area contributed by atoms with Crippen molar-refractivity contribution in [2.45, 2.75) is 19.4 Å². The van der Waals surface area contributed by atoms with Crippen LogP contribution in [0.15, 0.2) is 77.2 Å². The summed E-state index contributed by atoms with van der Waals surface area (Å²) in [4.78, 5) is 34.9. The predicted octanol–water partition coefficient (Wildman–Crippen LogP) is 3.09. The number of rotatable bonds is 4. The first-order valence-corrected chi connectivity index (χ1v) is 9.88. The number of fused-ring (bicyclic) bond motifs is 1. The third-order valence-corrected chi connectivity index (χ3v) is 5.17. The minimum absolute atomic E-state index is 0.185. The van der Waals surface area contributed by atoms with E-state index >= 15 is 0 Å². The smallest absolute Gasteiger partial charge is 0.335 e. The molecule has 1 aliphatic rings. The Morgan fingerprint density at radius 3 is 2.50 bits per heavy atom. The second-order valence-corrected chi connectivity index (χ2v) is 7.23. The molecule has 0 fully saturated rings. The number of nitrogens with one attached hydrogen (secondary N) is 1. The van der Waals surface area contributed by atoms with Gasteiger partial charge in [0.2, 0.25) is 0 Å². The van der Waals surface area contributed by atoms with Crippen molar-refractivity contribution >= 4 is 5.97 Å². The van der Waals surface area contributed by atoms with E-state index in [2.05, 4.69) is 22.0 Å². The zero-order chi connectivity index (χ0) is 20.9. The van der Waals surface area contributed by atoms with Gasteiger partial charge in [-0.15, -0.1) is 0 Å². The van der Waals surface area contributed by atoms with Crippen LogP contribution < -0.4 is 5.56 Å². The average Bonchev–Trinajstić information content (AvgIpc) is 2.77. The fraction of sp³-hybridized carbons (Fsp3) is 0.208. The molecule has 0 aliphatic carbocycles. The lowest BCUT2D eigenvalue weighted by Gasteiger charge is -2.25. The van der Waals surface area contributed by atoms with Crippen molar-refractivity contribution in [3.8, 4) is 11.4 Å². The van der Waals surface area contributed by atoms with Crippen molar-refractivity contribution in [1.29, 1.82) is 0 Å². The molecule has 6 nitrogen and oxygen atoms in total. The van der Waals surface area contributed by atoms with Crippen LogP contribution in [0.3, 0.4) is 0 Å². The summed E-state index contributed by atoms with van der Waals surface area (Å²) in [5.74, 6) is 0.102. The van der Waals surface area contributed by atoms with E-state index < -0.39 is 5.97 Å². The Balaban J connectivity index is 1.72. The fourth-order valence-corrected chi connectivity index (χ4v) is 3.64. The second kappa shape index (κ2) is 8.78. The first kappa shape index (κ1) is 19.6. The lowest BCUT2D eigenvalue weighted by Crippen LogP contribution is -2.29. The molecule has 0 bridgehead atoms. The van der Waals surface area contributed by atoms with Crippen molar-refractivity contribution in [3.05, 3.63) is 99.6 Å². The van der Waals surface area contributed by atoms with Gasteiger partial charge in [0.1, 0.15) is 5.82 Å². The Kier molecular flexibility index (Phi) is 5.75. The van der Waals surface area contributed by atoms with Gasteiger partial charge in [0.15, 0.2) is 0 Å². The lowest BCUT2D eigenvalue weighted by molar-refractivity contribution is -0.136. The average molecular weight is 401 g/mol. The Morgan fingerprint density at radius 1 is 1.10 bits per heavy atom. The van der Waals surface area contributed by atoms with Crippen molar-refractivity contribution < 1.29 is 9.53 Å². The van der Waals surface area contributed by atoms with Gasteiger partial charge in [0, 0.05) is 43.3 Å². The summed E-state index contributed by atoms with van der Waals surface area (Å²) in [7, 11) is 1.35. The summed E-state index contributed by atoms with van der Waals surface area (Å²) in [6, 6.07) is 19.6. The maximum absolute atomic E-state index is 12.9. The van der Waals surface area contributed by atoms with Crippen LogP contribution in [0.2, 0.25) is 0 Å². The molecule has 1 aliphatic heterocycles. The SMILES string of the molecule is COC(=O)/C1=C/N(Cc2ccccc2)CCc2nc(-c3ccccc3)[nH]c(=O)c2C1. The van der Waals surface area contributed by atoms with Gasteiger partial charge in [-0.3, -0.25) is 4.79 Å². The van der Waals surface area contributed by atoms with Crippen LogP contribution in [0.4, 0.5) is 0 Å². The quantitative estimate of drug-likeness (QED) is 0.680. The second-order valence-electron chi connectivity index (χ2n) is 7.23. The minimum atomic E-state index is -0.438. The summed E-state index contributed by atoms with van der Waals surface area (Å²) in [5.41, 5.74) is 3.45. The van der Waals surface area contributed by atoms with Crippen LogP contribution in [0.25, 0.3) is 11.4 Å². The highest BCUT2D eigenvalue weighted by Crippen LogP contribution is 2.20.